The summed E-state index contributed by atoms with van der Waals surface area (Å²) in [5.41, 5.74) is 1.14. The standard InChI is InChI=1S/C22H21F3N6O3S/c23-22(24,25)34-17-8-6-16(7-9-17)26-18(32)14-35-21-29-19(27-15-4-2-1-3-5-15)28-20(30-21)31-10-12-33-13-11-31/h1-9H,10-14H2,(H,26,32)(H,27,28,29,30). The minimum atomic E-state index is -4.78. The van der Waals surface area contributed by atoms with Crippen LogP contribution in [0.3, 0.4) is 0 Å². The number of halogens is 3. The highest BCUT2D eigenvalue weighted by molar-refractivity contribution is 7.99. The third-order valence-electron chi connectivity index (χ3n) is 4.63. The number of nitrogens with one attached hydrogen (secondary N) is 2. The third-order valence-corrected chi connectivity index (χ3v) is 5.48. The first-order valence-corrected chi connectivity index (χ1v) is 11.5. The van der Waals surface area contributed by atoms with Gasteiger partial charge in [-0.25, -0.2) is 0 Å². The summed E-state index contributed by atoms with van der Waals surface area (Å²) in [4.78, 5) is 27.8. The van der Waals surface area contributed by atoms with Crippen molar-refractivity contribution >= 4 is 40.9 Å². The van der Waals surface area contributed by atoms with Crippen LogP contribution in [0.5, 0.6) is 5.75 Å². The van der Waals surface area contributed by atoms with Crippen molar-refractivity contribution in [3.8, 4) is 5.75 Å². The Morgan fingerprint density at radius 2 is 1.71 bits per heavy atom. The smallest absolute Gasteiger partial charge is 0.406 e. The number of rotatable bonds is 8. The van der Waals surface area contributed by atoms with Crippen molar-refractivity contribution in [2.45, 2.75) is 11.5 Å². The van der Waals surface area contributed by atoms with Gasteiger partial charge in [0.25, 0.3) is 0 Å². The van der Waals surface area contributed by atoms with Crippen LogP contribution in [0, 0.1) is 0 Å². The number of carbonyl (C=O) groups is 1. The molecule has 0 saturated carbocycles. The summed E-state index contributed by atoms with van der Waals surface area (Å²) in [6.07, 6.45) is -4.78. The lowest BCUT2D eigenvalue weighted by Gasteiger charge is -2.27. The molecule has 0 atom stereocenters. The van der Waals surface area contributed by atoms with Crippen LogP contribution in [-0.4, -0.2) is 59.3 Å². The minimum Gasteiger partial charge on any atom is -0.406 e. The molecule has 0 radical (unpaired) electrons. The molecular weight excluding hydrogens is 485 g/mol. The summed E-state index contributed by atoms with van der Waals surface area (Å²) in [6, 6.07) is 14.3. The molecule has 184 valence electrons. The van der Waals surface area contributed by atoms with E-state index >= 15 is 0 Å². The summed E-state index contributed by atoms with van der Waals surface area (Å²) in [5.74, 6) is 0.0632. The summed E-state index contributed by atoms with van der Waals surface area (Å²) in [6.45, 7) is 2.39. The zero-order valence-electron chi connectivity index (χ0n) is 18.3. The summed E-state index contributed by atoms with van der Waals surface area (Å²) in [7, 11) is 0. The molecule has 2 N–H and O–H groups in total. The van der Waals surface area contributed by atoms with Gasteiger partial charge in [0, 0.05) is 24.5 Å². The van der Waals surface area contributed by atoms with Gasteiger partial charge >= 0.3 is 6.36 Å². The summed E-state index contributed by atoms with van der Waals surface area (Å²) >= 11 is 1.12. The van der Waals surface area contributed by atoms with E-state index in [9.17, 15) is 18.0 Å². The van der Waals surface area contributed by atoms with Crippen LogP contribution in [0.15, 0.2) is 59.8 Å². The van der Waals surface area contributed by atoms with Gasteiger partial charge in [-0.2, -0.15) is 15.0 Å². The van der Waals surface area contributed by atoms with Gasteiger partial charge in [0.1, 0.15) is 5.75 Å². The van der Waals surface area contributed by atoms with Gasteiger partial charge in [-0.3, -0.25) is 4.79 Å². The largest absolute Gasteiger partial charge is 0.573 e. The molecule has 9 nitrogen and oxygen atoms in total. The fraction of sp³-hybridized carbons (Fsp3) is 0.273. The van der Waals surface area contributed by atoms with Crippen molar-refractivity contribution in [2.75, 3.05) is 47.6 Å². The maximum absolute atomic E-state index is 12.4. The van der Waals surface area contributed by atoms with Gasteiger partial charge in [0.15, 0.2) is 5.16 Å². The summed E-state index contributed by atoms with van der Waals surface area (Å²) < 4.78 is 46.1. The Hall–Kier alpha value is -3.58. The van der Waals surface area contributed by atoms with Crippen molar-refractivity contribution in [3.05, 3.63) is 54.6 Å². The zero-order chi connectivity index (χ0) is 24.7. The zero-order valence-corrected chi connectivity index (χ0v) is 19.1. The Balaban J connectivity index is 1.41. The second-order valence-electron chi connectivity index (χ2n) is 7.24. The number of benzene rings is 2. The number of nitrogens with zero attached hydrogens (tertiary/aromatic N) is 4. The maximum Gasteiger partial charge on any atom is 0.573 e. The molecule has 2 heterocycles. The number of para-hydroxylation sites is 1. The SMILES string of the molecule is O=C(CSc1nc(Nc2ccccc2)nc(N2CCOCC2)n1)Nc1ccc(OC(F)(F)F)cc1. The van der Waals surface area contributed by atoms with Crippen LogP contribution in [-0.2, 0) is 9.53 Å². The Bertz CT molecular complexity index is 1130. The predicted molar refractivity (Wildman–Crippen MR) is 125 cm³/mol. The monoisotopic (exact) mass is 506 g/mol. The summed E-state index contributed by atoms with van der Waals surface area (Å²) in [5, 5.41) is 6.12. The van der Waals surface area contributed by atoms with Gasteiger partial charge in [0.2, 0.25) is 17.8 Å². The van der Waals surface area contributed by atoms with E-state index in [-0.39, 0.29) is 17.4 Å². The number of alkyl halides is 3. The van der Waals surface area contributed by atoms with Crippen LogP contribution in [0.25, 0.3) is 0 Å². The molecule has 1 fully saturated rings. The van der Waals surface area contributed by atoms with Crippen LogP contribution in [0.2, 0.25) is 0 Å². The van der Waals surface area contributed by atoms with E-state index < -0.39 is 6.36 Å². The molecule has 0 aliphatic carbocycles. The molecular formula is C22H21F3N6O3S. The van der Waals surface area contributed by atoms with Crippen LogP contribution in [0.1, 0.15) is 0 Å². The van der Waals surface area contributed by atoms with Crippen molar-refractivity contribution < 1.29 is 27.4 Å². The van der Waals surface area contributed by atoms with Crippen molar-refractivity contribution in [3.63, 3.8) is 0 Å². The van der Waals surface area contributed by atoms with Gasteiger partial charge in [-0.15, -0.1) is 13.2 Å². The van der Waals surface area contributed by atoms with Crippen LogP contribution < -0.4 is 20.3 Å². The Morgan fingerprint density at radius 3 is 2.40 bits per heavy atom. The van der Waals surface area contributed by atoms with Gasteiger partial charge < -0.3 is 25.0 Å². The molecule has 0 bridgehead atoms. The Kier molecular flexibility index (Phi) is 7.87. The number of aromatic nitrogens is 3. The first-order valence-electron chi connectivity index (χ1n) is 10.5. The normalized spacial score (nSPS) is 13.9. The van der Waals surface area contributed by atoms with Crippen LogP contribution >= 0.6 is 11.8 Å². The molecule has 4 rings (SSSR count). The number of morpholine rings is 1. The molecule has 13 heteroatoms. The highest BCUT2D eigenvalue weighted by Crippen LogP contribution is 2.25. The van der Waals surface area contributed by atoms with Crippen molar-refractivity contribution in [2.24, 2.45) is 0 Å². The second-order valence-corrected chi connectivity index (χ2v) is 8.18. The lowest BCUT2D eigenvalue weighted by molar-refractivity contribution is -0.274. The molecule has 3 aromatic rings. The molecule has 1 saturated heterocycles. The number of carbonyl (C=O) groups excluding carboxylic acids is 1. The number of anilines is 4. The van der Waals surface area contributed by atoms with E-state index in [1.807, 2.05) is 35.2 Å². The molecule has 1 aliphatic rings. The molecule has 1 aliphatic heterocycles. The number of thioether (sulfide) groups is 1. The molecule has 0 spiro atoms. The molecule has 35 heavy (non-hydrogen) atoms. The fourth-order valence-corrected chi connectivity index (χ4v) is 3.72. The quantitative estimate of drug-likeness (QED) is 0.438. The fourth-order valence-electron chi connectivity index (χ4n) is 3.09. The highest BCUT2D eigenvalue weighted by atomic mass is 32.2. The highest BCUT2D eigenvalue weighted by Gasteiger charge is 2.31. The predicted octanol–water partition coefficient (Wildman–Crippen LogP) is 4.08. The third kappa shape index (κ3) is 7.72. The van der Waals surface area contributed by atoms with Gasteiger partial charge in [0.05, 0.1) is 19.0 Å². The van der Waals surface area contributed by atoms with E-state index in [4.69, 9.17) is 4.74 Å². The number of ether oxygens (including phenoxy) is 2. The topological polar surface area (TPSA) is 102 Å². The van der Waals surface area contributed by atoms with E-state index in [1.54, 1.807) is 0 Å². The van der Waals surface area contributed by atoms with Crippen molar-refractivity contribution in [1.29, 1.82) is 0 Å². The van der Waals surface area contributed by atoms with Gasteiger partial charge in [-0.05, 0) is 36.4 Å². The molecule has 1 aromatic heterocycles. The Morgan fingerprint density at radius 1 is 1.00 bits per heavy atom. The lowest BCUT2D eigenvalue weighted by atomic mass is 10.3. The second kappa shape index (κ2) is 11.2. The molecule has 2 aromatic carbocycles. The van der Waals surface area contributed by atoms with Crippen LogP contribution in [0.4, 0.5) is 36.4 Å². The minimum absolute atomic E-state index is 0.0157. The van der Waals surface area contributed by atoms with E-state index in [0.717, 1.165) is 29.6 Å². The lowest BCUT2D eigenvalue weighted by Crippen LogP contribution is -2.37. The van der Waals surface area contributed by atoms with E-state index in [0.29, 0.717) is 49.0 Å². The first kappa shape index (κ1) is 24.5. The van der Waals surface area contributed by atoms with Crippen molar-refractivity contribution in [1.82, 2.24) is 15.0 Å². The van der Waals surface area contributed by atoms with E-state index in [2.05, 4.69) is 30.3 Å². The number of hydrogen-bond acceptors (Lipinski definition) is 9. The number of amides is 1. The molecule has 0 unspecified atom stereocenters. The molecule has 1 amide bonds. The number of hydrogen-bond donors (Lipinski definition) is 2. The first-order chi connectivity index (χ1) is 16.8. The Labute approximate surface area is 203 Å². The van der Waals surface area contributed by atoms with E-state index in [1.165, 1.54) is 12.1 Å². The van der Waals surface area contributed by atoms with Gasteiger partial charge in [-0.1, -0.05) is 30.0 Å². The average Bonchev–Trinajstić information content (AvgIpc) is 2.84. The average molecular weight is 507 g/mol. The maximum atomic E-state index is 12.4.